The first kappa shape index (κ1) is 20.2. The molecule has 1 heterocycles. The minimum atomic E-state index is -0.651. The number of amides is 1. The highest BCUT2D eigenvalue weighted by molar-refractivity contribution is 5.96. The van der Waals surface area contributed by atoms with Crippen LogP contribution >= 0.6 is 0 Å². The van der Waals surface area contributed by atoms with Gasteiger partial charge in [0.1, 0.15) is 23.5 Å². The van der Waals surface area contributed by atoms with Gasteiger partial charge in [0, 0.05) is 12.7 Å². The number of aromatic nitrogens is 2. The van der Waals surface area contributed by atoms with Gasteiger partial charge in [-0.3, -0.25) is 4.79 Å². The van der Waals surface area contributed by atoms with E-state index in [2.05, 4.69) is 15.3 Å². The summed E-state index contributed by atoms with van der Waals surface area (Å²) in [5.74, 6) is 0.532. The Morgan fingerprint density at radius 3 is 2.57 bits per heavy atom. The molecular formula is C21H26FN3O3. The van der Waals surface area contributed by atoms with Gasteiger partial charge in [-0.1, -0.05) is 0 Å². The van der Waals surface area contributed by atoms with Gasteiger partial charge in [-0.15, -0.1) is 0 Å². The van der Waals surface area contributed by atoms with E-state index in [0.717, 1.165) is 25.7 Å². The molecule has 0 spiro atoms. The maximum absolute atomic E-state index is 13.0. The highest BCUT2D eigenvalue weighted by atomic mass is 19.1. The lowest BCUT2D eigenvalue weighted by atomic mass is 9.75. The molecule has 0 bridgehead atoms. The third-order valence-electron chi connectivity index (χ3n) is 5.35. The van der Waals surface area contributed by atoms with Crippen molar-refractivity contribution in [3.05, 3.63) is 48.2 Å². The number of rotatable bonds is 6. The molecule has 1 fully saturated rings. The Hall–Kier alpha value is -2.54. The van der Waals surface area contributed by atoms with Crippen LogP contribution in [0.2, 0.25) is 0 Å². The average molecular weight is 387 g/mol. The molecule has 1 aliphatic rings. The van der Waals surface area contributed by atoms with Crippen LogP contribution in [0.25, 0.3) is 0 Å². The van der Waals surface area contributed by atoms with Crippen molar-refractivity contribution in [2.75, 3.05) is 6.54 Å². The van der Waals surface area contributed by atoms with E-state index in [-0.39, 0.29) is 23.2 Å². The van der Waals surface area contributed by atoms with Crippen LogP contribution in [-0.4, -0.2) is 33.1 Å². The molecule has 3 rings (SSSR count). The zero-order chi connectivity index (χ0) is 20.1. The standard InChI is InChI=1S/C21H26FN3O3/c1-21(2,27)15-5-3-14(4-6-15)11-24-19(26)18-12-23-13-25-20(18)28-17-9-7-16(22)8-10-17/h7-10,12-15,27H,3-6,11H2,1-2H3,(H,24,26). The molecule has 150 valence electrons. The van der Waals surface area contributed by atoms with Gasteiger partial charge in [-0.25, -0.2) is 14.4 Å². The molecule has 0 saturated heterocycles. The third-order valence-corrected chi connectivity index (χ3v) is 5.35. The van der Waals surface area contributed by atoms with Crippen LogP contribution in [0, 0.1) is 17.7 Å². The van der Waals surface area contributed by atoms with Crippen LogP contribution in [0.3, 0.4) is 0 Å². The second kappa shape index (κ2) is 8.65. The van der Waals surface area contributed by atoms with Crippen molar-refractivity contribution in [2.45, 2.75) is 45.1 Å². The van der Waals surface area contributed by atoms with Gasteiger partial charge >= 0.3 is 0 Å². The number of nitrogens with one attached hydrogen (secondary N) is 1. The van der Waals surface area contributed by atoms with E-state index in [9.17, 15) is 14.3 Å². The van der Waals surface area contributed by atoms with Crippen molar-refractivity contribution in [1.82, 2.24) is 15.3 Å². The topological polar surface area (TPSA) is 84.3 Å². The number of benzene rings is 1. The van der Waals surface area contributed by atoms with Crippen LogP contribution in [0.15, 0.2) is 36.8 Å². The van der Waals surface area contributed by atoms with E-state index in [4.69, 9.17) is 4.74 Å². The Labute approximate surface area is 164 Å². The van der Waals surface area contributed by atoms with Crippen LogP contribution < -0.4 is 10.1 Å². The fourth-order valence-electron chi connectivity index (χ4n) is 3.58. The fraction of sp³-hybridized carbons (Fsp3) is 0.476. The van der Waals surface area contributed by atoms with E-state index in [0.29, 0.717) is 24.1 Å². The van der Waals surface area contributed by atoms with E-state index in [1.807, 2.05) is 13.8 Å². The van der Waals surface area contributed by atoms with Gasteiger partial charge in [0.2, 0.25) is 5.88 Å². The third kappa shape index (κ3) is 5.25. The number of halogens is 1. The number of hydrogen-bond donors (Lipinski definition) is 2. The quantitative estimate of drug-likeness (QED) is 0.789. The van der Waals surface area contributed by atoms with Gasteiger partial charge in [0.15, 0.2) is 0 Å². The molecule has 0 aliphatic heterocycles. The molecule has 7 heteroatoms. The molecule has 2 N–H and O–H groups in total. The number of ether oxygens (including phenoxy) is 1. The smallest absolute Gasteiger partial charge is 0.258 e. The zero-order valence-electron chi connectivity index (χ0n) is 16.2. The largest absolute Gasteiger partial charge is 0.438 e. The predicted octanol–water partition coefficient (Wildman–Crippen LogP) is 3.72. The first-order valence-electron chi connectivity index (χ1n) is 9.57. The minimum Gasteiger partial charge on any atom is -0.438 e. The number of nitrogens with zero attached hydrogens (tertiary/aromatic N) is 2. The van der Waals surface area contributed by atoms with Gasteiger partial charge < -0.3 is 15.2 Å². The van der Waals surface area contributed by atoms with E-state index in [1.165, 1.54) is 36.8 Å². The molecule has 28 heavy (non-hydrogen) atoms. The summed E-state index contributed by atoms with van der Waals surface area (Å²) in [5.41, 5.74) is -0.417. The van der Waals surface area contributed by atoms with Gasteiger partial charge in [-0.05, 0) is 75.6 Å². The van der Waals surface area contributed by atoms with Crippen molar-refractivity contribution in [1.29, 1.82) is 0 Å². The summed E-state index contributed by atoms with van der Waals surface area (Å²) in [7, 11) is 0. The molecule has 1 saturated carbocycles. The molecule has 0 atom stereocenters. The summed E-state index contributed by atoms with van der Waals surface area (Å²) in [4.78, 5) is 20.6. The van der Waals surface area contributed by atoms with Crippen LogP contribution in [0.1, 0.15) is 49.9 Å². The number of carbonyl (C=O) groups excluding carboxylic acids is 1. The van der Waals surface area contributed by atoms with Gasteiger partial charge in [-0.2, -0.15) is 0 Å². The first-order chi connectivity index (χ1) is 13.3. The predicted molar refractivity (Wildman–Crippen MR) is 103 cm³/mol. The van der Waals surface area contributed by atoms with E-state index >= 15 is 0 Å². The zero-order valence-corrected chi connectivity index (χ0v) is 16.2. The van der Waals surface area contributed by atoms with Crippen LogP contribution in [0.4, 0.5) is 4.39 Å². The maximum Gasteiger partial charge on any atom is 0.258 e. The van der Waals surface area contributed by atoms with Crippen LogP contribution in [-0.2, 0) is 0 Å². The lowest BCUT2D eigenvalue weighted by Crippen LogP contribution is -2.37. The second-order valence-electron chi connectivity index (χ2n) is 7.88. The Kier molecular flexibility index (Phi) is 6.24. The lowest BCUT2D eigenvalue weighted by molar-refractivity contribution is -0.00575. The normalized spacial score (nSPS) is 19.9. The van der Waals surface area contributed by atoms with Crippen molar-refractivity contribution < 1.29 is 19.0 Å². The molecule has 6 nitrogen and oxygen atoms in total. The minimum absolute atomic E-state index is 0.129. The van der Waals surface area contributed by atoms with Gasteiger partial charge in [0.05, 0.1) is 5.60 Å². The summed E-state index contributed by atoms with van der Waals surface area (Å²) in [6.07, 6.45) is 6.56. The summed E-state index contributed by atoms with van der Waals surface area (Å²) < 4.78 is 18.7. The number of aliphatic hydroxyl groups is 1. The molecule has 1 amide bonds. The Balaban J connectivity index is 1.57. The summed E-state index contributed by atoms with van der Waals surface area (Å²) in [5, 5.41) is 13.1. The van der Waals surface area contributed by atoms with E-state index < -0.39 is 5.60 Å². The first-order valence-corrected chi connectivity index (χ1v) is 9.57. The van der Waals surface area contributed by atoms with Crippen molar-refractivity contribution in [3.8, 4) is 11.6 Å². The van der Waals surface area contributed by atoms with Crippen molar-refractivity contribution in [3.63, 3.8) is 0 Å². The summed E-state index contributed by atoms with van der Waals surface area (Å²) in [6.45, 7) is 4.28. The Bertz CT molecular complexity index is 797. The van der Waals surface area contributed by atoms with Crippen molar-refractivity contribution >= 4 is 5.91 Å². The molecule has 0 radical (unpaired) electrons. The summed E-state index contributed by atoms with van der Waals surface area (Å²) >= 11 is 0. The highest BCUT2D eigenvalue weighted by Gasteiger charge is 2.31. The van der Waals surface area contributed by atoms with E-state index in [1.54, 1.807) is 0 Å². The molecule has 1 aromatic carbocycles. The number of carbonyl (C=O) groups is 1. The SMILES string of the molecule is CC(C)(O)C1CCC(CNC(=O)c2cncnc2Oc2ccc(F)cc2)CC1. The molecule has 1 aliphatic carbocycles. The fourth-order valence-corrected chi connectivity index (χ4v) is 3.58. The molecule has 1 aromatic heterocycles. The van der Waals surface area contributed by atoms with Crippen LogP contribution in [0.5, 0.6) is 11.6 Å². The monoisotopic (exact) mass is 387 g/mol. The van der Waals surface area contributed by atoms with Gasteiger partial charge in [0.25, 0.3) is 5.91 Å². The number of hydrogen-bond acceptors (Lipinski definition) is 5. The summed E-state index contributed by atoms with van der Waals surface area (Å²) in [6, 6.07) is 5.50. The lowest BCUT2D eigenvalue weighted by Gasteiger charge is -2.35. The maximum atomic E-state index is 13.0. The average Bonchev–Trinajstić information content (AvgIpc) is 2.68. The molecular weight excluding hydrogens is 361 g/mol. The molecule has 0 unspecified atom stereocenters. The second-order valence-corrected chi connectivity index (χ2v) is 7.88. The Morgan fingerprint density at radius 2 is 1.93 bits per heavy atom. The molecule has 2 aromatic rings. The van der Waals surface area contributed by atoms with Crippen molar-refractivity contribution in [2.24, 2.45) is 11.8 Å². The highest BCUT2D eigenvalue weighted by Crippen LogP contribution is 2.35. The Morgan fingerprint density at radius 1 is 1.25 bits per heavy atom.